The van der Waals surface area contributed by atoms with E-state index in [1.807, 2.05) is 18.2 Å². The minimum atomic E-state index is -2.74. The molecule has 0 N–H and O–H groups in total. The van der Waals surface area contributed by atoms with Crippen LogP contribution in [0, 0.1) is 6.07 Å². The molecule has 0 bridgehead atoms. The normalized spacial score (nSPS) is 20.2. The van der Waals surface area contributed by atoms with Crippen LogP contribution in [0.2, 0.25) is 0 Å². The molecule has 17 heavy (non-hydrogen) atoms. The van der Waals surface area contributed by atoms with E-state index in [9.17, 15) is 8.42 Å². The van der Waals surface area contributed by atoms with Crippen molar-refractivity contribution in [2.24, 2.45) is 0 Å². The fourth-order valence-corrected chi connectivity index (χ4v) is 3.34. The van der Waals surface area contributed by atoms with Crippen molar-refractivity contribution in [3.63, 3.8) is 0 Å². The molecule has 3 nitrogen and oxygen atoms in total. The molecule has 1 fully saturated rings. The Morgan fingerprint density at radius 3 is 2.71 bits per heavy atom. The maximum Gasteiger partial charge on any atom is 0.152 e. The lowest BCUT2D eigenvalue weighted by molar-refractivity contribution is 0.292. The Morgan fingerprint density at radius 2 is 2.06 bits per heavy atom. The van der Waals surface area contributed by atoms with Crippen LogP contribution < -0.4 is 0 Å². The summed E-state index contributed by atoms with van der Waals surface area (Å²) < 4.78 is 22.5. The van der Waals surface area contributed by atoms with Crippen LogP contribution in [0.15, 0.2) is 24.3 Å². The molecule has 0 saturated carbocycles. The highest BCUT2D eigenvalue weighted by atomic mass is 32.2. The Morgan fingerprint density at radius 1 is 1.29 bits per heavy atom. The quantitative estimate of drug-likeness (QED) is 0.806. The van der Waals surface area contributed by atoms with Crippen molar-refractivity contribution in [2.45, 2.75) is 12.8 Å². The van der Waals surface area contributed by atoms with Gasteiger partial charge in [-0.05, 0) is 31.0 Å². The highest BCUT2D eigenvalue weighted by Gasteiger charge is 2.20. The van der Waals surface area contributed by atoms with E-state index in [4.69, 9.17) is 0 Å². The standard InChI is InChI=1S/C13H18NO2S/c15-17(16)11-9-14(10-12-17)8-4-7-13-5-2-1-3-6-13/h1-2,5-6H,4,7-12H2. The number of hydrogen-bond acceptors (Lipinski definition) is 3. The number of aryl methyl sites for hydroxylation is 1. The van der Waals surface area contributed by atoms with Gasteiger partial charge in [0.1, 0.15) is 0 Å². The van der Waals surface area contributed by atoms with Gasteiger partial charge in [-0.1, -0.05) is 24.3 Å². The molecule has 1 aromatic carbocycles. The largest absolute Gasteiger partial charge is 0.301 e. The van der Waals surface area contributed by atoms with E-state index >= 15 is 0 Å². The number of sulfone groups is 1. The molecule has 2 rings (SSSR count). The first kappa shape index (κ1) is 12.6. The highest BCUT2D eigenvalue weighted by Crippen LogP contribution is 2.07. The van der Waals surface area contributed by atoms with Gasteiger partial charge in [0, 0.05) is 13.1 Å². The summed E-state index contributed by atoms with van der Waals surface area (Å²) in [7, 11) is -2.74. The maximum atomic E-state index is 11.3. The second-order valence-corrected chi connectivity index (χ2v) is 6.81. The molecular formula is C13H18NO2S. The van der Waals surface area contributed by atoms with Crippen LogP contribution in [-0.4, -0.2) is 44.5 Å². The average Bonchev–Trinajstić information content (AvgIpc) is 2.33. The second-order valence-electron chi connectivity index (χ2n) is 4.51. The summed E-state index contributed by atoms with van der Waals surface area (Å²) in [6.07, 6.45) is 2.12. The summed E-state index contributed by atoms with van der Waals surface area (Å²) in [4.78, 5) is 2.24. The van der Waals surface area contributed by atoms with Crippen molar-refractivity contribution in [3.05, 3.63) is 35.9 Å². The van der Waals surface area contributed by atoms with E-state index in [0.717, 1.165) is 19.4 Å². The van der Waals surface area contributed by atoms with Crippen LogP contribution in [0.1, 0.15) is 12.0 Å². The SMILES string of the molecule is O=S1(=O)CCN(CCCc2c[c]ccc2)CC1. The Balaban J connectivity index is 1.70. The van der Waals surface area contributed by atoms with Crippen LogP contribution in [0.4, 0.5) is 0 Å². The number of benzene rings is 1. The number of rotatable bonds is 4. The van der Waals surface area contributed by atoms with Crippen molar-refractivity contribution < 1.29 is 8.42 Å². The Bertz CT molecular complexity index is 428. The Labute approximate surface area is 103 Å². The molecule has 1 radical (unpaired) electrons. The smallest absolute Gasteiger partial charge is 0.152 e. The minimum Gasteiger partial charge on any atom is -0.301 e. The van der Waals surface area contributed by atoms with E-state index < -0.39 is 9.84 Å². The fourth-order valence-electron chi connectivity index (χ4n) is 2.07. The molecule has 1 aromatic rings. The number of nitrogens with zero attached hydrogens (tertiary/aromatic N) is 1. The molecule has 0 unspecified atom stereocenters. The van der Waals surface area contributed by atoms with Crippen molar-refractivity contribution in [1.29, 1.82) is 0 Å². The molecule has 1 saturated heterocycles. The van der Waals surface area contributed by atoms with E-state index in [-0.39, 0.29) is 0 Å². The van der Waals surface area contributed by atoms with Gasteiger partial charge in [0.15, 0.2) is 9.84 Å². The van der Waals surface area contributed by atoms with Crippen molar-refractivity contribution in [2.75, 3.05) is 31.1 Å². The van der Waals surface area contributed by atoms with Crippen LogP contribution >= 0.6 is 0 Å². The first-order valence-electron chi connectivity index (χ1n) is 6.03. The predicted octanol–water partition coefficient (Wildman–Crippen LogP) is 1.15. The molecule has 0 aromatic heterocycles. The van der Waals surface area contributed by atoms with E-state index in [1.54, 1.807) is 0 Å². The molecule has 93 valence electrons. The molecule has 1 aliphatic heterocycles. The zero-order valence-electron chi connectivity index (χ0n) is 9.93. The Hall–Kier alpha value is -0.870. The van der Waals surface area contributed by atoms with E-state index in [0.29, 0.717) is 24.6 Å². The van der Waals surface area contributed by atoms with Gasteiger partial charge in [0.25, 0.3) is 0 Å². The fraction of sp³-hybridized carbons (Fsp3) is 0.538. The lowest BCUT2D eigenvalue weighted by atomic mass is 10.1. The summed E-state index contributed by atoms with van der Waals surface area (Å²) in [5.74, 6) is 0.651. The van der Waals surface area contributed by atoms with Crippen molar-refractivity contribution in [3.8, 4) is 0 Å². The second kappa shape index (κ2) is 5.65. The van der Waals surface area contributed by atoms with Gasteiger partial charge < -0.3 is 4.90 Å². The van der Waals surface area contributed by atoms with Crippen LogP contribution in [0.25, 0.3) is 0 Å². The molecule has 0 atom stereocenters. The first-order valence-corrected chi connectivity index (χ1v) is 7.86. The molecule has 0 amide bonds. The zero-order chi connectivity index (χ0) is 12.1. The van der Waals surface area contributed by atoms with Crippen LogP contribution in [0.3, 0.4) is 0 Å². The summed E-state index contributed by atoms with van der Waals surface area (Å²) >= 11 is 0. The molecule has 4 heteroatoms. The minimum absolute atomic E-state index is 0.326. The van der Waals surface area contributed by atoms with Gasteiger partial charge >= 0.3 is 0 Å². The summed E-state index contributed by atoms with van der Waals surface area (Å²) in [5, 5.41) is 0. The molecule has 0 aliphatic carbocycles. The third-order valence-corrected chi connectivity index (χ3v) is 4.76. The lowest BCUT2D eigenvalue weighted by Gasteiger charge is -2.26. The number of hydrogen-bond donors (Lipinski definition) is 0. The average molecular weight is 252 g/mol. The summed E-state index contributed by atoms with van der Waals surface area (Å²) in [6.45, 7) is 2.39. The van der Waals surface area contributed by atoms with Gasteiger partial charge in [-0.3, -0.25) is 0 Å². The van der Waals surface area contributed by atoms with Crippen LogP contribution in [-0.2, 0) is 16.3 Å². The third kappa shape index (κ3) is 4.13. The highest BCUT2D eigenvalue weighted by molar-refractivity contribution is 7.91. The molecule has 1 aliphatic rings. The first-order chi connectivity index (χ1) is 8.16. The van der Waals surface area contributed by atoms with Gasteiger partial charge in [-0.2, -0.15) is 0 Å². The summed E-state index contributed by atoms with van der Waals surface area (Å²) in [6, 6.07) is 11.1. The topological polar surface area (TPSA) is 37.4 Å². The van der Waals surface area contributed by atoms with E-state index in [1.165, 1.54) is 5.56 Å². The van der Waals surface area contributed by atoms with Gasteiger partial charge in [0.2, 0.25) is 0 Å². The van der Waals surface area contributed by atoms with E-state index in [2.05, 4.69) is 17.0 Å². The predicted molar refractivity (Wildman–Crippen MR) is 68.7 cm³/mol. The molecule has 1 heterocycles. The zero-order valence-corrected chi connectivity index (χ0v) is 10.7. The molecular weight excluding hydrogens is 234 g/mol. The van der Waals surface area contributed by atoms with Gasteiger partial charge in [0.05, 0.1) is 11.5 Å². The van der Waals surface area contributed by atoms with Crippen LogP contribution in [0.5, 0.6) is 0 Å². The third-order valence-electron chi connectivity index (χ3n) is 3.15. The van der Waals surface area contributed by atoms with Gasteiger partial charge in [-0.25, -0.2) is 8.42 Å². The van der Waals surface area contributed by atoms with Crippen molar-refractivity contribution in [1.82, 2.24) is 4.90 Å². The van der Waals surface area contributed by atoms with Gasteiger partial charge in [-0.15, -0.1) is 0 Å². The molecule has 0 spiro atoms. The summed E-state index contributed by atoms with van der Waals surface area (Å²) in [5.41, 5.74) is 1.30. The maximum absolute atomic E-state index is 11.3. The monoisotopic (exact) mass is 252 g/mol. The lowest BCUT2D eigenvalue weighted by Crippen LogP contribution is -2.40. The van der Waals surface area contributed by atoms with Crippen molar-refractivity contribution >= 4 is 9.84 Å². The Kier molecular flexibility index (Phi) is 4.18.